The van der Waals surface area contributed by atoms with Gasteiger partial charge in [0.05, 0.1) is 109 Å². The molecule has 0 aliphatic carbocycles. The molecular weight excluding hydrogens is 1360 g/mol. The van der Waals surface area contributed by atoms with Crippen LogP contribution in [0.2, 0.25) is 0 Å². The van der Waals surface area contributed by atoms with E-state index in [4.69, 9.17) is 26.5 Å². The van der Waals surface area contributed by atoms with E-state index in [-0.39, 0.29) is 122 Å². The number of nitrogens with one attached hydrogen (secondary N) is 6. The van der Waals surface area contributed by atoms with Crippen LogP contribution in [0.4, 0.5) is 81.2 Å². The highest BCUT2D eigenvalue weighted by Gasteiger charge is 2.27. The SMILES string of the molecule is CCCCNc1nc(Nc2ccc(Nc3nc(NCCCC)nc(Nc4cc(S(=O)(=O)OC)cc5cc(SOOOC)c(N=Nc6ccccc6C(=O)OC)c(O)c45)n3)cc2)nc(Nc2cc(S(=O)(=O)OC)cc3cc(SOOOC)c(N=Nc4ccccc4C(=O)OC)c(O)c23)n1. The van der Waals surface area contributed by atoms with Gasteiger partial charge in [-0.05, 0) is 109 Å². The zero-order chi connectivity index (χ0) is 69.9. The molecule has 0 spiro atoms. The molecule has 0 fully saturated rings. The Bertz CT molecular complexity index is 4390. The molecule has 0 saturated heterocycles. The summed E-state index contributed by atoms with van der Waals surface area (Å²) in [6.07, 6.45) is 3.12. The molecule has 0 amide bonds. The van der Waals surface area contributed by atoms with Gasteiger partial charge in [0.1, 0.15) is 22.7 Å². The van der Waals surface area contributed by atoms with Crippen molar-refractivity contribution in [3.05, 3.63) is 120 Å². The highest BCUT2D eigenvalue weighted by atomic mass is 32.2. The first-order valence-corrected chi connectivity index (χ1v) is 33.4. The molecule has 8 N–H and O–H groups in total. The van der Waals surface area contributed by atoms with Gasteiger partial charge in [-0.3, -0.25) is 8.37 Å². The van der Waals surface area contributed by atoms with Crippen molar-refractivity contribution in [2.75, 3.05) is 87.6 Å². The lowest BCUT2D eigenvalue weighted by atomic mass is 10.1. The third kappa shape index (κ3) is 17.9. The highest BCUT2D eigenvalue weighted by Crippen LogP contribution is 2.50. The topological polar surface area (TPSA) is 434 Å². The number of esters is 2. The fraction of sp³-hybridized carbons (Fsp3) is 0.233. The summed E-state index contributed by atoms with van der Waals surface area (Å²) in [6, 6.07) is 26.9. The number of ether oxygens (including phenoxy) is 2. The van der Waals surface area contributed by atoms with Gasteiger partial charge in [0.2, 0.25) is 35.7 Å². The number of nitrogens with zero attached hydrogens (tertiary/aromatic N) is 10. The number of unbranched alkanes of at least 4 members (excludes halogenated alkanes) is 2. The van der Waals surface area contributed by atoms with Crippen molar-refractivity contribution >= 4 is 159 Å². The lowest BCUT2D eigenvalue weighted by Gasteiger charge is -2.17. The number of phenolic OH excluding ortho intramolecular Hbond substituents is 2. The number of hydrogen-bond acceptors (Lipinski definition) is 36. The number of aromatic nitrogens is 6. The molecule has 34 nitrogen and oxygen atoms in total. The van der Waals surface area contributed by atoms with Gasteiger partial charge >= 0.3 is 11.9 Å². The van der Waals surface area contributed by atoms with E-state index in [0.29, 0.717) is 48.5 Å². The van der Waals surface area contributed by atoms with Crippen molar-refractivity contribution in [1.29, 1.82) is 0 Å². The third-order valence-electron chi connectivity index (χ3n) is 13.6. The van der Waals surface area contributed by atoms with E-state index in [1.165, 1.54) is 89.1 Å². The Morgan fingerprint density at radius 3 is 1.20 bits per heavy atom. The maximum atomic E-state index is 13.4. The molecule has 2 heterocycles. The minimum atomic E-state index is -4.42. The van der Waals surface area contributed by atoms with Gasteiger partial charge in [0, 0.05) is 35.2 Å². The largest absolute Gasteiger partial charge is 0.505 e. The second-order valence-corrected chi connectivity index (χ2v) is 24.9. The fourth-order valence-electron chi connectivity index (χ4n) is 8.99. The molecule has 0 unspecified atom stereocenters. The second kappa shape index (κ2) is 33.7. The Labute approximate surface area is 568 Å². The fourth-order valence-corrected chi connectivity index (χ4v) is 11.5. The molecule has 0 radical (unpaired) electrons. The van der Waals surface area contributed by atoms with Gasteiger partial charge in [-0.15, -0.1) is 29.1 Å². The number of rotatable bonds is 34. The van der Waals surface area contributed by atoms with Crippen molar-refractivity contribution in [2.45, 2.75) is 59.1 Å². The molecule has 98 heavy (non-hydrogen) atoms. The Morgan fingerprint density at radius 2 is 0.847 bits per heavy atom. The Balaban J connectivity index is 1.06. The summed E-state index contributed by atoms with van der Waals surface area (Å²) in [5.41, 5.74) is 0.677. The van der Waals surface area contributed by atoms with E-state index in [1.807, 2.05) is 13.8 Å². The smallest absolute Gasteiger partial charge is 0.340 e. The van der Waals surface area contributed by atoms with E-state index >= 15 is 0 Å². The first-order valence-electron chi connectivity index (χ1n) is 29.1. The predicted octanol–water partition coefficient (Wildman–Crippen LogP) is 13.3. The molecule has 0 bridgehead atoms. The van der Waals surface area contributed by atoms with Crippen molar-refractivity contribution in [3.8, 4) is 11.5 Å². The molecule has 0 aliphatic rings. The average molecular weight is 1420 g/mol. The number of hydrogen-bond donors (Lipinski definition) is 8. The molecule has 0 saturated carbocycles. The number of carbonyl (C=O) groups excluding carboxylic acids is 2. The van der Waals surface area contributed by atoms with Gasteiger partial charge in [-0.1, -0.05) is 61.0 Å². The maximum Gasteiger partial charge on any atom is 0.340 e. The average Bonchev–Trinajstić information content (AvgIpc) is 0.761. The lowest BCUT2D eigenvalue weighted by molar-refractivity contribution is -0.447. The van der Waals surface area contributed by atoms with Crippen molar-refractivity contribution in [3.63, 3.8) is 0 Å². The van der Waals surface area contributed by atoms with E-state index in [1.54, 1.807) is 48.5 Å². The van der Waals surface area contributed by atoms with Crippen LogP contribution in [0, 0.1) is 0 Å². The van der Waals surface area contributed by atoms with Crippen LogP contribution in [0.15, 0.2) is 149 Å². The molecule has 7 aromatic carbocycles. The molecule has 0 atom stereocenters. The molecule has 38 heteroatoms. The summed E-state index contributed by atoms with van der Waals surface area (Å²) in [4.78, 5) is 61.6. The van der Waals surface area contributed by atoms with Crippen molar-refractivity contribution in [1.82, 2.24) is 29.9 Å². The molecule has 2 aromatic heterocycles. The number of fused-ring (bicyclic) bond motifs is 2. The predicted molar refractivity (Wildman–Crippen MR) is 360 cm³/mol. The van der Waals surface area contributed by atoms with Crippen LogP contribution >= 0.6 is 24.1 Å². The molecule has 9 aromatic rings. The summed E-state index contributed by atoms with van der Waals surface area (Å²) in [5, 5.41) is 70.0. The first-order chi connectivity index (χ1) is 47.3. The van der Waals surface area contributed by atoms with Crippen LogP contribution in [-0.2, 0) is 66.6 Å². The summed E-state index contributed by atoms with van der Waals surface area (Å²) in [7, 11) is -2.07. The maximum absolute atomic E-state index is 13.4. The zero-order valence-electron chi connectivity index (χ0n) is 53.2. The van der Waals surface area contributed by atoms with Crippen molar-refractivity contribution in [2.24, 2.45) is 20.5 Å². The van der Waals surface area contributed by atoms with Crippen LogP contribution < -0.4 is 31.9 Å². The van der Waals surface area contributed by atoms with Crippen LogP contribution in [0.25, 0.3) is 21.5 Å². The van der Waals surface area contributed by atoms with E-state index < -0.39 is 43.7 Å². The van der Waals surface area contributed by atoms with E-state index in [2.05, 4.69) is 102 Å². The number of benzene rings is 7. The number of methoxy groups -OCH3 is 2. The van der Waals surface area contributed by atoms with E-state index in [0.717, 1.165) is 39.9 Å². The number of anilines is 10. The quantitative estimate of drug-likeness (QED) is 0.00353. The normalized spacial score (nSPS) is 11.8. The van der Waals surface area contributed by atoms with Crippen LogP contribution in [-0.4, -0.2) is 125 Å². The van der Waals surface area contributed by atoms with Crippen molar-refractivity contribution < 1.29 is 83.0 Å². The monoisotopic (exact) mass is 1420 g/mol. The number of azo groups is 2. The van der Waals surface area contributed by atoms with Gasteiger partial charge in [-0.2, -0.15) is 46.7 Å². The molecular formula is C60H62N16O18S4. The Kier molecular flexibility index (Phi) is 24.8. The Hall–Kier alpha value is -10.1. The summed E-state index contributed by atoms with van der Waals surface area (Å²) < 4.78 is 83.6. The van der Waals surface area contributed by atoms with Crippen LogP contribution in [0.1, 0.15) is 60.2 Å². The number of aromatic hydroxyl groups is 2. The van der Waals surface area contributed by atoms with Gasteiger partial charge in [-0.25, -0.2) is 19.4 Å². The van der Waals surface area contributed by atoms with Gasteiger partial charge < -0.3 is 51.6 Å². The zero-order valence-corrected chi connectivity index (χ0v) is 56.4. The lowest BCUT2D eigenvalue weighted by Crippen LogP contribution is -2.11. The minimum absolute atomic E-state index is 0.000187. The molecule has 514 valence electrons. The van der Waals surface area contributed by atoms with Gasteiger partial charge in [0.25, 0.3) is 20.2 Å². The number of carbonyl (C=O) groups is 2. The first kappa shape index (κ1) is 72.2. The molecule has 0 aliphatic heterocycles. The van der Waals surface area contributed by atoms with E-state index in [9.17, 15) is 36.6 Å². The Morgan fingerprint density at radius 1 is 0.480 bits per heavy atom. The summed E-state index contributed by atoms with van der Waals surface area (Å²) in [6.45, 7) is 4.91. The van der Waals surface area contributed by atoms with Gasteiger partial charge in [0.15, 0.2) is 11.5 Å². The van der Waals surface area contributed by atoms with Crippen LogP contribution in [0.5, 0.6) is 11.5 Å². The second-order valence-electron chi connectivity index (χ2n) is 20.0. The highest BCUT2D eigenvalue weighted by molar-refractivity contribution is 7.95. The minimum Gasteiger partial charge on any atom is -0.505 e. The number of phenols is 2. The molecule has 9 rings (SSSR count). The standard InChI is InChI=1S/C60H62N16O18S4/c1-9-11-25-61-55-67-57(71-59(69-55)65-43-31-37(97(81,82)89-7)27-33-29-45(95-93-91-87-5)49(51(77)47(33)43)75-73-41-19-15-13-17-39(41)53(79)85-3)63-35-21-23-36(24-22-35)64-58-68-56(62-26-12-10-2)70-60(72-58)66-44-32-38(98(83,84)90-8)28-34-30-46(96-94-92-88-6)50(52(78)48(34)44)76-74-42-20-16-14-18-40(42)54(80)86-4/h13-24,27-32,77-78H,9-12,25-26H2,1-8H3,(H3,61,63,65,67,69,71)(H3,62,64,66,68,70,72). The summed E-state index contributed by atoms with van der Waals surface area (Å²) >= 11 is 1.08. The third-order valence-corrected chi connectivity index (χ3v) is 17.4. The van der Waals surface area contributed by atoms with Crippen LogP contribution in [0.3, 0.4) is 0 Å². The summed E-state index contributed by atoms with van der Waals surface area (Å²) in [5.74, 6) is -2.54.